The lowest BCUT2D eigenvalue weighted by Crippen LogP contribution is -2.44. The van der Waals surface area contributed by atoms with Crippen molar-refractivity contribution < 1.29 is 0 Å². The average molecular weight is 117 g/mol. The molecule has 0 unspecified atom stereocenters. The Kier molecular flexibility index (Phi) is 4.95. The fourth-order valence-corrected chi connectivity index (χ4v) is 0.611. The summed E-state index contributed by atoms with van der Waals surface area (Å²) in [5, 5.41) is 0. The zero-order chi connectivity index (χ0) is 6.41. The molecule has 0 amide bonds. The predicted molar refractivity (Wildman–Crippen MR) is 34.8 cm³/mol. The molecule has 0 atom stereocenters. The van der Waals surface area contributed by atoms with Crippen molar-refractivity contribution >= 4 is 0 Å². The van der Waals surface area contributed by atoms with Gasteiger partial charge in [0.2, 0.25) is 0 Å². The van der Waals surface area contributed by atoms with Crippen LogP contribution in [0, 0.1) is 0 Å². The summed E-state index contributed by atoms with van der Waals surface area (Å²) in [7, 11) is 0. The van der Waals surface area contributed by atoms with Crippen LogP contribution in [0.5, 0.6) is 0 Å². The van der Waals surface area contributed by atoms with Crippen LogP contribution in [0.2, 0.25) is 0 Å². The van der Waals surface area contributed by atoms with E-state index in [9.17, 15) is 0 Å². The highest BCUT2D eigenvalue weighted by Gasteiger charge is 1.97. The second-order valence-corrected chi connectivity index (χ2v) is 1.80. The van der Waals surface area contributed by atoms with Crippen molar-refractivity contribution in [3.8, 4) is 0 Å². The summed E-state index contributed by atoms with van der Waals surface area (Å²) >= 11 is 0. The van der Waals surface area contributed by atoms with Gasteiger partial charge in [0, 0.05) is 6.04 Å². The summed E-state index contributed by atoms with van der Waals surface area (Å²) in [6.07, 6.45) is 2.22. The van der Waals surface area contributed by atoms with E-state index in [0.29, 0.717) is 6.04 Å². The number of hydrogen-bond donors (Lipinski definition) is 3. The van der Waals surface area contributed by atoms with Crippen molar-refractivity contribution in [2.24, 2.45) is 5.84 Å². The maximum absolute atomic E-state index is 5.02. The SMILES string of the molecule is CCC(CC)NNN. The van der Waals surface area contributed by atoms with Crippen LogP contribution in [-0.4, -0.2) is 6.04 Å². The Morgan fingerprint density at radius 3 is 2.00 bits per heavy atom. The summed E-state index contributed by atoms with van der Waals surface area (Å²) in [6, 6.07) is 0.514. The van der Waals surface area contributed by atoms with E-state index in [1.54, 1.807) is 0 Å². The molecule has 0 aliphatic carbocycles. The molecule has 0 aromatic rings. The molecule has 8 heavy (non-hydrogen) atoms. The van der Waals surface area contributed by atoms with Gasteiger partial charge in [0.1, 0.15) is 0 Å². The Hall–Kier alpha value is -0.120. The molecular formula is C5H15N3. The molecule has 4 N–H and O–H groups in total. The highest BCUT2D eigenvalue weighted by molar-refractivity contribution is 4.55. The van der Waals surface area contributed by atoms with Gasteiger partial charge in [-0.05, 0) is 12.8 Å². The Bertz CT molecular complexity index is 42.9. The van der Waals surface area contributed by atoms with Crippen LogP contribution in [0.25, 0.3) is 0 Å². The average Bonchev–Trinajstić information content (AvgIpc) is 1.83. The van der Waals surface area contributed by atoms with Crippen LogP contribution in [0.15, 0.2) is 0 Å². The lowest BCUT2D eigenvalue weighted by atomic mass is 10.2. The van der Waals surface area contributed by atoms with E-state index in [1.807, 2.05) is 0 Å². The van der Waals surface area contributed by atoms with E-state index >= 15 is 0 Å². The fraction of sp³-hybridized carbons (Fsp3) is 1.00. The standard InChI is InChI=1S/C5H15N3/c1-3-5(4-2)7-8-6/h5,7-8H,3-4,6H2,1-2H3. The Morgan fingerprint density at radius 1 is 1.38 bits per heavy atom. The first kappa shape index (κ1) is 7.88. The molecule has 0 saturated carbocycles. The highest BCUT2D eigenvalue weighted by atomic mass is 15.5. The lowest BCUT2D eigenvalue weighted by Gasteiger charge is -2.11. The van der Waals surface area contributed by atoms with Crippen LogP contribution in [0.1, 0.15) is 26.7 Å². The molecule has 0 fully saturated rings. The van der Waals surface area contributed by atoms with E-state index < -0.39 is 0 Å². The van der Waals surface area contributed by atoms with E-state index in [-0.39, 0.29) is 0 Å². The second-order valence-electron chi connectivity index (χ2n) is 1.80. The third kappa shape index (κ3) is 2.96. The molecule has 0 heterocycles. The number of hydrazine groups is 2. The smallest absolute Gasteiger partial charge is 0.0220 e. The molecule has 0 spiro atoms. The van der Waals surface area contributed by atoms with Crippen LogP contribution in [0.3, 0.4) is 0 Å². The molecule has 0 aliphatic rings. The molecular weight excluding hydrogens is 102 g/mol. The van der Waals surface area contributed by atoms with Crippen molar-refractivity contribution in [3.05, 3.63) is 0 Å². The van der Waals surface area contributed by atoms with Gasteiger partial charge in [-0.1, -0.05) is 13.8 Å². The van der Waals surface area contributed by atoms with Crippen LogP contribution in [0.4, 0.5) is 0 Å². The van der Waals surface area contributed by atoms with Crippen molar-refractivity contribution in [1.82, 2.24) is 11.0 Å². The van der Waals surface area contributed by atoms with E-state index in [1.165, 1.54) is 0 Å². The summed E-state index contributed by atoms with van der Waals surface area (Å²) in [4.78, 5) is 0. The number of hydrogen-bond acceptors (Lipinski definition) is 3. The van der Waals surface area contributed by atoms with Gasteiger partial charge in [-0.3, -0.25) is 5.84 Å². The molecule has 0 saturated heterocycles. The first-order valence-corrected chi connectivity index (χ1v) is 3.06. The summed E-state index contributed by atoms with van der Waals surface area (Å²) in [5.41, 5.74) is 5.33. The van der Waals surface area contributed by atoms with E-state index in [2.05, 4.69) is 24.8 Å². The van der Waals surface area contributed by atoms with Crippen LogP contribution < -0.4 is 16.8 Å². The molecule has 0 rings (SSSR count). The van der Waals surface area contributed by atoms with Crippen molar-refractivity contribution in [2.45, 2.75) is 32.7 Å². The predicted octanol–water partition coefficient (Wildman–Crippen LogP) is 0.143. The molecule has 0 aromatic carbocycles. The summed E-state index contributed by atoms with van der Waals surface area (Å²) < 4.78 is 0. The van der Waals surface area contributed by atoms with E-state index in [4.69, 9.17) is 5.84 Å². The van der Waals surface area contributed by atoms with Crippen LogP contribution >= 0.6 is 0 Å². The third-order valence-corrected chi connectivity index (χ3v) is 1.27. The number of rotatable bonds is 4. The Labute approximate surface area is 50.6 Å². The maximum Gasteiger partial charge on any atom is 0.0220 e. The van der Waals surface area contributed by atoms with Crippen LogP contribution in [-0.2, 0) is 0 Å². The van der Waals surface area contributed by atoms with Crippen molar-refractivity contribution in [1.29, 1.82) is 0 Å². The Morgan fingerprint density at radius 2 is 1.88 bits per heavy atom. The van der Waals surface area contributed by atoms with Gasteiger partial charge >= 0.3 is 0 Å². The minimum Gasteiger partial charge on any atom is -0.258 e. The zero-order valence-corrected chi connectivity index (χ0v) is 5.57. The second kappa shape index (κ2) is 5.03. The van der Waals surface area contributed by atoms with Gasteiger partial charge in [-0.25, -0.2) is 5.43 Å². The zero-order valence-electron chi connectivity index (χ0n) is 5.57. The third-order valence-electron chi connectivity index (χ3n) is 1.27. The largest absolute Gasteiger partial charge is 0.258 e. The van der Waals surface area contributed by atoms with Crippen molar-refractivity contribution in [2.75, 3.05) is 0 Å². The molecule has 0 aromatic heterocycles. The van der Waals surface area contributed by atoms with Gasteiger partial charge in [-0.15, -0.1) is 0 Å². The quantitative estimate of drug-likeness (QED) is 0.363. The van der Waals surface area contributed by atoms with Crippen molar-refractivity contribution in [3.63, 3.8) is 0 Å². The Balaban J connectivity index is 3.07. The molecule has 3 nitrogen and oxygen atoms in total. The lowest BCUT2D eigenvalue weighted by molar-refractivity contribution is 0.417. The monoisotopic (exact) mass is 117 g/mol. The number of nitrogens with two attached hydrogens (primary N) is 1. The minimum atomic E-state index is 0.514. The first-order valence-electron chi connectivity index (χ1n) is 3.06. The van der Waals surface area contributed by atoms with Gasteiger partial charge in [0.15, 0.2) is 0 Å². The topological polar surface area (TPSA) is 50.1 Å². The van der Waals surface area contributed by atoms with Gasteiger partial charge in [0.25, 0.3) is 0 Å². The molecule has 0 bridgehead atoms. The summed E-state index contributed by atoms with van der Waals surface area (Å²) in [6.45, 7) is 4.25. The molecule has 50 valence electrons. The number of nitrogens with one attached hydrogen (secondary N) is 2. The molecule has 0 radical (unpaired) electrons. The summed E-state index contributed by atoms with van der Waals surface area (Å²) in [5.74, 6) is 5.02. The molecule has 0 aliphatic heterocycles. The highest BCUT2D eigenvalue weighted by Crippen LogP contribution is 1.92. The molecule has 3 heteroatoms. The fourth-order valence-electron chi connectivity index (χ4n) is 0.611. The van der Waals surface area contributed by atoms with Gasteiger partial charge in [0.05, 0.1) is 0 Å². The normalized spacial score (nSPS) is 10.5. The minimum absolute atomic E-state index is 0.514. The maximum atomic E-state index is 5.02. The van der Waals surface area contributed by atoms with Gasteiger partial charge < -0.3 is 0 Å². The first-order chi connectivity index (χ1) is 3.85. The van der Waals surface area contributed by atoms with Gasteiger partial charge in [-0.2, -0.15) is 5.53 Å². The van der Waals surface area contributed by atoms with E-state index in [0.717, 1.165) is 12.8 Å².